The van der Waals surface area contributed by atoms with E-state index < -0.39 is 0 Å². The van der Waals surface area contributed by atoms with Crippen LogP contribution in [0.25, 0.3) is 5.52 Å². The van der Waals surface area contributed by atoms with Crippen LogP contribution in [0.3, 0.4) is 0 Å². The van der Waals surface area contributed by atoms with Gasteiger partial charge in [-0.3, -0.25) is 0 Å². The number of nitrogens with zero attached hydrogens (tertiary/aromatic N) is 2. The number of imidazole rings is 1. The molecule has 0 unspecified atom stereocenters. The van der Waals surface area contributed by atoms with E-state index in [2.05, 4.69) is 30.6 Å². The lowest BCUT2D eigenvalue weighted by Crippen LogP contribution is -2.03. The normalized spacial score (nSPS) is 10.7. The molecule has 0 fully saturated rings. The third kappa shape index (κ3) is 2.49. The van der Waals surface area contributed by atoms with Crippen molar-refractivity contribution in [3.8, 4) is 5.75 Å². The van der Waals surface area contributed by atoms with Gasteiger partial charge in [0, 0.05) is 11.9 Å². The molecule has 0 radical (unpaired) electrons. The highest BCUT2D eigenvalue weighted by Crippen LogP contribution is 2.20. The zero-order valence-corrected chi connectivity index (χ0v) is 12.6. The second kappa shape index (κ2) is 5.54. The second-order valence-corrected chi connectivity index (χ2v) is 5.11. The number of rotatable bonds is 4. The third-order valence-corrected chi connectivity index (χ3v) is 3.70. The average molecular weight is 332 g/mol. The quantitative estimate of drug-likeness (QED) is 0.791. The number of methoxy groups -OCH3 is 1. The fraction of sp³-hybridized carbons (Fsp3) is 0.133. The summed E-state index contributed by atoms with van der Waals surface area (Å²) in [6.07, 6.45) is 2.01. The van der Waals surface area contributed by atoms with E-state index in [1.54, 1.807) is 7.11 Å². The summed E-state index contributed by atoms with van der Waals surface area (Å²) in [5, 5.41) is 3.36. The summed E-state index contributed by atoms with van der Waals surface area (Å²) >= 11 is 3.49. The zero-order valence-electron chi connectivity index (χ0n) is 11.0. The Kier molecular flexibility index (Phi) is 3.60. The van der Waals surface area contributed by atoms with E-state index in [9.17, 15) is 0 Å². The summed E-state index contributed by atoms with van der Waals surface area (Å²) in [5.74, 6) is 1.81. The van der Waals surface area contributed by atoms with Crippen LogP contribution >= 0.6 is 15.9 Å². The van der Waals surface area contributed by atoms with Gasteiger partial charge in [0.25, 0.3) is 0 Å². The van der Waals surface area contributed by atoms with Crippen molar-refractivity contribution in [2.24, 2.45) is 0 Å². The van der Waals surface area contributed by atoms with Gasteiger partial charge in [0.2, 0.25) is 0 Å². The van der Waals surface area contributed by atoms with E-state index in [1.807, 2.05) is 48.7 Å². The molecule has 0 saturated heterocycles. The van der Waals surface area contributed by atoms with Gasteiger partial charge in [0.1, 0.15) is 16.2 Å². The molecule has 2 aromatic heterocycles. The summed E-state index contributed by atoms with van der Waals surface area (Å²) in [6.45, 7) is 0.656. The lowest BCUT2D eigenvalue weighted by Gasteiger charge is -2.06. The van der Waals surface area contributed by atoms with Crippen LogP contribution in [0.2, 0.25) is 0 Å². The van der Waals surface area contributed by atoms with Gasteiger partial charge in [-0.05, 0) is 52.3 Å². The third-order valence-electron chi connectivity index (χ3n) is 3.12. The molecule has 20 heavy (non-hydrogen) atoms. The van der Waals surface area contributed by atoms with Gasteiger partial charge >= 0.3 is 0 Å². The number of anilines is 1. The van der Waals surface area contributed by atoms with Crippen molar-refractivity contribution < 1.29 is 4.74 Å². The Morgan fingerprint density at radius 1 is 1.20 bits per heavy atom. The van der Waals surface area contributed by atoms with Crippen molar-refractivity contribution in [1.82, 2.24) is 9.38 Å². The fourth-order valence-corrected chi connectivity index (χ4v) is 2.60. The van der Waals surface area contributed by atoms with E-state index >= 15 is 0 Å². The van der Waals surface area contributed by atoms with Crippen molar-refractivity contribution in [2.75, 3.05) is 12.4 Å². The Morgan fingerprint density at radius 3 is 2.75 bits per heavy atom. The van der Waals surface area contributed by atoms with Crippen molar-refractivity contribution in [1.29, 1.82) is 0 Å². The Hall–Kier alpha value is -2.01. The second-order valence-electron chi connectivity index (χ2n) is 4.36. The molecule has 0 aliphatic rings. The highest BCUT2D eigenvalue weighted by molar-refractivity contribution is 9.10. The number of halogens is 1. The van der Waals surface area contributed by atoms with Crippen LogP contribution in [0.4, 0.5) is 5.69 Å². The molecule has 0 bridgehead atoms. The average Bonchev–Trinajstić information content (AvgIpc) is 2.83. The Balaban J connectivity index is 1.79. The maximum absolute atomic E-state index is 5.14. The standard InChI is InChI=1S/C15H14BrN3O/c1-20-12-7-5-11(6-8-12)17-10-14-18-15(16)13-4-2-3-9-19(13)14/h2-9,17H,10H2,1H3. The number of aromatic nitrogens is 2. The summed E-state index contributed by atoms with van der Waals surface area (Å²) in [4.78, 5) is 4.53. The molecule has 3 rings (SSSR count). The molecule has 0 amide bonds. The summed E-state index contributed by atoms with van der Waals surface area (Å²) in [6, 6.07) is 13.9. The molecule has 0 atom stereocenters. The summed E-state index contributed by atoms with van der Waals surface area (Å²) in [7, 11) is 1.66. The van der Waals surface area contributed by atoms with Crippen LogP contribution in [-0.4, -0.2) is 16.5 Å². The molecule has 0 spiro atoms. The van der Waals surface area contributed by atoms with Gasteiger partial charge in [-0.25, -0.2) is 4.98 Å². The number of hydrogen-bond acceptors (Lipinski definition) is 3. The van der Waals surface area contributed by atoms with E-state index in [4.69, 9.17) is 4.74 Å². The predicted octanol–water partition coefficient (Wildman–Crippen LogP) is 3.72. The fourth-order valence-electron chi connectivity index (χ4n) is 2.08. The van der Waals surface area contributed by atoms with E-state index in [1.165, 1.54) is 0 Å². The van der Waals surface area contributed by atoms with Crippen LogP contribution in [0.15, 0.2) is 53.3 Å². The maximum Gasteiger partial charge on any atom is 0.134 e. The van der Waals surface area contributed by atoms with Gasteiger partial charge in [0.05, 0.1) is 19.2 Å². The molecular formula is C15H14BrN3O. The van der Waals surface area contributed by atoms with Crippen molar-refractivity contribution in [3.63, 3.8) is 0 Å². The minimum absolute atomic E-state index is 0.656. The molecule has 4 nitrogen and oxygen atoms in total. The lowest BCUT2D eigenvalue weighted by molar-refractivity contribution is 0.415. The number of fused-ring (bicyclic) bond motifs is 1. The molecule has 1 aromatic carbocycles. The molecule has 0 aliphatic carbocycles. The van der Waals surface area contributed by atoms with Crippen molar-refractivity contribution >= 4 is 27.1 Å². The Morgan fingerprint density at radius 2 is 2.00 bits per heavy atom. The molecule has 102 valence electrons. The van der Waals surface area contributed by atoms with Gasteiger partial charge < -0.3 is 14.5 Å². The van der Waals surface area contributed by atoms with Gasteiger partial charge in [-0.2, -0.15) is 0 Å². The number of ether oxygens (including phenoxy) is 1. The van der Waals surface area contributed by atoms with Gasteiger partial charge in [-0.15, -0.1) is 0 Å². The summed E-state index contributed by atoms with van der Waals surface area (Å²) < 4.78 is 8.08. The van der Waals surface area contributed by atoms with Gasteiger partial charge in [-0.1, -0.05) is 6.07 Å². The molecule has 0 saturated carbocycles. The Bertz CT molecular complexity index is 722. The number of hydrogen-bond donors (Lipinski definition) is 1. The SMILES string of the molecule is COc1ccc(NCc2nc(Br)c3ccccn23)cc1. The number of nitrogens with one attached hydrogen (secondary N) is 1. The predicted molar refractivity (Wildman–Crippen MR) is 83.2 cm³/mol. The highest BCUT2D eigenvalue weighted by atomic mass is 79.9. The largest absolute Gasteiger partial charge is 0.497 e. The first-order chi connectivity index (χ1) is 9.78. The van der Waals surface area contributed by atoms with Gasteiger partial charge in [0.15, 0.2) is 0 Å². The topological polar surface area (TPSA) is 38.6 Å². The van der Waals surface area contributed by atoms with Crippen LogP contribution < -0.4 is 10.1 Å². The van der Waals surface area contributed by atoms with Crippen LogP contribution in [-0.2, 0) is 6.54 Å². The minimum Gasteiger partial charge on any atom is -0.497 e. The molecule has 2 heterocycles. The van der Waals surface area contributed by atoms with E-state index in [0.29, 0.717) is 6.54 Å². The minimum atomic E-state index is 0.656. The molecular weight excluding hydrogens is 318 g/mol. The number of benzene rings is 1. The first-order valence-corrected chi connectivity index (χ1v) is 7.06. The van der Waals surface area contributed by atoms with Crippen molar-refractivity contribution in [2.45, 2.75) is 6.54 Å². The van der Waals surface area contributed by atoms with Crippen LogP contribution in [0, 0.1) is 0 Å². The molecule has 0 aliphatic heterocycles. The molecule has 3 aromatic rings. The highest BCUT2D eigenvalue weighted by Gasteiger charge is 2.07. The van der Waals surface area contributed by atoms with Crippen molar-refractivity contribution in [3.05, 3.63) is 59.1 Å². The van der Waals surface area contributed by atoms with Crippen LogP contribution in [0.5, 0.6) is 5.75 Å². The van der Waals surface area contributed by atoms with E-state index in [-0.39, 0.29) is 0 Å². The summed E-state index contributed by atoms with van der Waals surface area (Å²) in [5.41, 5.74) is 2.11. The Labute approximate surface area is 125 Å². The number of pyridine rings is 1. The first-order valence-electron chi connectivity index (χ1n) is 6.27. The lowest BCUT2D eigenvalue weighted by atomic mass is 10.3. The molecule has 5 heteroatoms. The maximum atomic E-state index is 5.14. The zero-order chi connectivity index (χ0) is 13.9. The monoisotopic (exact) mass is 331 g/mol. The van der Waals surface area contributed by atoms with Crippen LogP contribution in [0.1, 0.15) is 5.82 Å². The first kappa shape index (κ1) is 13.0. The van der Waals surface area contributed by atoms with E-state index in [0.717, 1.165) is 27.4 Å². The molecule has 1 N–H and O–H groups in total. The smallest absolute Gasteiger partial charge is 0.134 e.